The number of hydrogen-bond acceptors (Lipinski definition) is 2. The van der Waals surface area contributed by atoms with E-state index in [9.17, 15) is 13.2 Å². The number of nitrogens with zero attached hydrogens (tertiary/aromatic N) is 2. The maximum Gasteiger partial charge on any atom is 0.387 e. The highest BCUT2D eigenvalue weighted by atomic mass is 19.3. The molecule has 2 aliphatic rings. The van der Waals surface area contributed by atoms with Crippen molar-refractivity contribution in [2.75, 3.05) is 20.1 Å². The van der Waals surface area contributed by atoms with E-state index in [1.165, 1.54) is 37.5 Å². The van der Waals surface area contributed by atoms with Crippen LogP contribution in [0.1, 0.15) is 31.2 Å². The van der Waals surface area contributed by atoms with Crippen molar-refractivity contribution in [2.45, 2.75) is 38.8 Å². The van der Waals surface area contributed by atoms with Gasteiger partial charge in [-0.2, -0.15) is 8.78 Å². The maximum absolute atomic E-state index is 14.0. The Hall–Kier alpha value is -1.92. The minimum atomic E-state index is -2.98. The summed E-state index contributed by atoms with van der Waals surface area (Å²) in [6.45, 7) is -1.08. The molecule has 0 radical (unpaired) electrons. The van der Waals surface area contributed by atoms with Gasteiger partial charge in [-0.1, -0.05) is 12.5 Å². The van der Waals surface area contributed by atoms with Gasteiger partial charge in [0, 0.05) is 32.2 Å². The van der Waals surface area contributed by atoms with E-state index in [2.05, 4.69) is 19.9 Å². The summed E-state index contributed by atoms with van der Waals surface area (Å²) in [7, 11) is 1.67. The molecule has 0 bridgehead atoms. The van der Waals surface area contributed by atoms with Crippen LogP contribution in [0.5, 0.6) is 5.75 Å². The van der Waals surface area contributed by atoms with Gasteiger partial charge in [-0.25, -0.2) is 4.39 Å². The number of ether oxygens (including phenoxy) is 1. The molecule has 1 saturated heterocycles. The molecular weight excluding hydrogens is 319 g/mol. The summed E-state index contributed by atoms with van der Waals surface area (Å²) in [6.07, 6.45) is 4.93. The first-order valence-electron chi connectivity index (χ1n) is 8.21. The predicted octanol–water partition coefficient (Wildman–Crippen LogP) is 3.38. The Balaban J connectivity index is 1.66. The fourth-order valence-electron chi connectivity index (χ4n) is 3.62. The second kappa shape index (κ2) is 6.91. The number of aliphatic imine (C=N–C) groups is 1. The highest BCUT2D eigenvalue weighted by molar-refractivity contribution is 5.80. The van der Waals surface area contributed by atoms with Crippen LogP contribution in [0.15, 0.2) is 23.2 Å². The molecule has 3 rings (SSSR count). The second-order valence-electron chi connectivity index (χ2n) is 6.52. The van der Waals surface area contributed by atoms with Crippen LogP contribution in [0, 0.1) is 11.2 Å². The van der Waals surface area contributed by atoms with Crippen LogP contribution < -0.4 is 10.1 Å². The van der Waals surface area contributed by atoms with E-state index in [1.807, 2.05) is 0 Å². The fraction of sp³-hybridized carbons (Fsp3) is 0.588. The quantitative estimate of drug-likeness (QED) is 0.674. The molecule has 1 aliphatic heterocycles. The number of likely N-dealkylation sites (tertiary alicyclic amines) is 1. The fourth-order valence-corrected chi connectivity index (χ4v) is 3.62. The average molecular weight is 341 g/mol. The largest absolute Gasteiger partial charge is 0.434 e. The number of halogens is 3. The van der Waals surface area contributed by atoms with Gasteiger partial charge in [0.05, 0.1) is 0 Å². The first kappa shape index (κ1) is 16.9. The van der Waals surface area contributed by atoms with Gasteiger partial charge in [-0.05, 0) is 36.8 Å². The lowest BCUT2D eigenvalue weighted by Gasteiger charge is -2.38. The smallest absolute Gasteiger partial charge is 0.387 e. The van der Waals surface area contributed by atoms with Gasteiger partial charge in [0.15, 0.2) is 5.96 Å². The molecule has 1 N–H and O–H groups in total. The Morgan fingerprint density at radius 3 is 2.75 bits per heavy atom. The van der Waals surface area contributed by atoms with Crippen molar-refractivity contribution in [2.24, 2.45) is 10.4 Å². The van der Waals surface area contributed by atoms with Gasteiger partial charge < -0.3 is 15.0 Å². The van der Waals surface area contributed by atoms with Gasteiger partial charge in [0.2, 0.25) is 0 Å². The van der Waals surface area contributed by atoms with Crippen LogP contribution in [0.4, 0.5) is 13.2 Å². The van der Waals surface area contributed by atoms with Crippen molar-refractivity contribution >= 4 is 5.96 Å². The lowest BCUT2D eigenvalue weighted by atomic mass is 9.68. The predicted molar refractivity (Wildman–Crippen MR) is 85.7 cm³/mol. The summed E-state index contributed by atoms with van der Waals surface area (Å²) >= 11 is 0. The molecule has 0 amide bonds. The molecule has 1 heterocycles. The van der Waals surface area contributed by atoms with Gasteiger partial charge in [0.1, 0.15) is 11.6 Å². The van der Waals surface area contributed by atoms with Crippen molar-refractivity contribution in [3.8, 4) is 5.75 Å². The second-order valence-corrected chi connectivity index (χ2v) is 6.52. The zero-order chi connectivity index (χ0) is 17.2. The minimum absolute atomic E-state index is 0.0465. The van der Waals surface area contributed by atoms with Gasteiger partial charge in [-0.15, -0.1) is 0 Å². The molecule has 1 saturated carbocycles. The van der Waals surface area contributed by atoms with E-state index in [0.717, 1.165) is 19.5 Å². The Bertz CT molecular complexity index is 617. The van der Waals surface area contributed by atoms with E-state index in [1.54, 1.807) is 7.05 Å². The molecule has 0 atom stereocenters. The van der Waals surface area contributed by atoms with Gasteiger partial charge >= 0.3 is 6.61 Å². The number of guanidine groups is 1. The third-order valence-electron chi connectivity index (χ3n) is 5.08. The summed E-state index contributed by atoms with van der Waals surface area (Å²) < 4.78 is 43.4. The lowest BCUT2D eigenvalue weighted by Crippen LogP contribution is -2.42. The molecule has 24 heavy (non-hydrogen) atoms. The van der Waals surface area contributed by atoms with E-state index >= 15 is 0 Å². The van der Waals surface area contributed by atoms with E-state index in [4.69, 9.17) is 0 Å². The Morgan fingerprint density at radius 2 is 2.17 bits per heavy atom. The van der Waals surface area contributed by atoms with Gasteiger partial charge in [-0.3, -0.25) is 4.99 Å². The SMILES string of the molecule is CN=C(NCc1c(F)cccc1OC(F)F)N1CCC2(CCC2)C1. The molecule has 2 fully saturated rings. The molecule has 0 aromatic heterocycles. The molecule has 0 unspecified atom stereocenters. The lowest BCUT2D eigenvalue weighted by molar-refractivity contribution is -0.0506. The third-order valence-corrected chi connectivity index (χ3v) is 5.08. The van der Waals surface area contributed by atoms with Crippen LogP contribution in [0.3, 0.4) is 0 Å². The molecular formula is C17H22F3N3O. The topological polar surface area (TPSA) is 36.9 Å². The Labute approximate surface area is 139 Å². The van der Waals surface area contributed by atoms with Crippen molar-refractivity contribution in [3.63, 3.8) is 0 Å². The standard InChI is InChI=1S/C17H22F3N3O/c1-21-16(23-9-8-17(11-23)6-3-7-17)22-10-12-13(18)4-2-5-14(12)24-15(19)20/h2,4-5,15H,3,6-11H2,1H3,(H,21,22). The van der Waals surface area contributed by atoms with Crippen LogP contribution >= 0.6 is 0 Å². The molecule has 1 aromatic carbocycles. The summed E-state index contributed by atoms with van der Waals surface area (Å²) in [5.41, 5.74) is 0.496. The number of alkyl halides is 2. The van der Waals surface area contributed by atoms with Gasteiger partial charge in [0.25, 0.3) is 0 Å². The molecule has 7 heteroatoms. The highest BCUT2D eigenvalue weighted by Crippen LogP contribution is 2.47. The van der Waals surface area contributed by atoms with Crippen LogP contribution in [-0.2, 0) is 6.54 Å². The van der Waals surface area contributed by atoms with Crippen LogP contribution in [-0.4, -0.2) is 37.6 Å². The first-order valence-corrected chi connectivity index (χ1v) is 8.21. The van der Waals surface area contributed by atoms with E-state index in [-0.39, 0.29) is 17.9 Å². The number of nitrogens with one attached hydrogen (secondary N) is 1. The number of rotatable bonds is 4. The first-order chi connectivity index (χ1) is 11.5. The maximum atomic E-state index is 14.0. The normalized spacial score (nSPS) is 19.7. The van der Waals surface area contributed by atoms with Crippen molar-refractivity contribution in [3.05, 3.63) is 29.6 Å². The molecule has 132 valence electrons. The van der Waals surface area contributed by atoms with Crippen molar-refractivity contribution in [1.82, 2.24) is 10.2 Å². The van der Waals surface area contributed by atoms with Crippen LogP contribution in [0.25, 0.3) is 0 Å². The zero-order valence-corrected chi connectivity index (χ0v) is 13.7. The highest BCUT2D eigenvalue weighted by Gasteiger charge is 2.43. The van der Waals surface area contributed by atoms with Crippen molar-refractivity contribution < 1.29 is 17.9 Å². The van der Waals surface area contributed by atoms with Crippen molar-refractivity contribution in [1.29, 1.82) is 0 Å². The molecule has 4 nitrogen and oxygen atoms in total. The minimum Gasteiger partial charge on any atom is -0.434 e. The molecule has 1 spiro atoms. The number of benzene rings is 1. The monoisotopic (exact) mass is 341 g/mol. The van der Waals surface area contributed by atoms with E-state index < -0.39 is 12.4 Å². The summed E-state index contributed by atoms with van der Waals surface area (Å²) in [5.74, 6) is -0.0529. The molecule has 1 aromatic rings. The number of hydrogen-bond donors (Lipinski definition) is 1. The summed E-state index contributed by atoms with van der Waals surface area (Å²) in [5, 5.41) is 3.08. The Morgan fingerprint density at radius 1 is 1.38 bits per heavy atom. The Kier molecular flexibility index (Phi) is 4.87. The molecule has 1 aliphatic carbocycles. The summed E-state index contributed by atoms with van der Waals surface area (Å²) in [6, 6.07) is 3.93. The third kappa shape index (κ3) is 3.44. The zero-order valence-electron chi connectivity index (χ0n) is 13.7. The average Bonchev–Trinajstić information content (AvgIpc) is 2.95. The summed E-state index contributed by atoms with van der Waals surface area (Å²) in [4.78, 5) is 6.41. The van der Waals surface area contributed by atoms with E-state index in [0.29, 0.717) is 11.4 Å². The van der Waals surface area contributed by atoms with Crippen LogP contribution in [0.2, 0.25) is 0 Å².